The van der Waals surface area contributed by atoms with E-state index in [1.807, 2.05) is 0 Å². The van der Waals surface area contributed by atoms with Crippen LogP contribution in [0.15, 0.2) is 0 Å². The molecule has 1 aliphatic heterocycles. The molecule has 2 fully saturated rings. The van der Waals surface area contributed by atoms with Crippen molar-refractivity contribution in [3.8, 4) is 0 Å². The Balaban J connectivity index is 1.50. The quantitative estimate of drug-likeness (QED) is 0.591. The average molecular weight is 255 g/mol. The van der Waals surface area contributed by atoms with E-state index in [2.05, 4.69) is 15.5 Å². The number of rotatable bonds is 8. The summed E-state index contributed by atoms with van der Waals surface area (Å²) in [4.78, 5) is 14.1. The van der Waals surface area contributed by atoms with E-state index >= 15 is 0 Å². The summed E-state index contributed by atoms with van der Waals surface area (Å²) >= 11 is 0. The Labute approximate surface area is 109 Å². The Morgan fingerprint density at radius 2 is 2.22 bits per heavy atom. The molecule has 2 rings (SSSR count). The fourth-order valence-corrected chi connectivity index (χ4v) is 2.50. The summed E-state index contributed by atoms with van der Waals surface area (Å²) in [5.74, 6) is 0.740. The van der Waals surface area contributed by atoms with Gasteiger partial charge in [-0.25, -0.2) is 0 Å². The van der Waals surface area contributed by atoms with E-state index in [-0.39, 0.29) is 5.91 Å². The number of carbonyl (C=O) groups is 1. The first-order valence-electron chi connectivity index (χ1n) is 7.00. The molecule has 1 amide bonds. The maximum Gasteiger partial charge on any atom is 0.233 e. The Kier molecular flexibility index (Phi) is 5.41. The molecule has 1 saturated carbocycles. The van der Waals surface area contributed by atoms with Gasteiger partial charge in [-0.3, -0.25) is 4.79 Å². The highest BCUT2D eigenvalue weighted by Crippen LogP contribution is 2.31. The van der Waals surface area contributed by atoms with Crippen molar-refractivity contribution in [2.24, 2.45) is 5.92 Å². The van der Waals surface area contributed by atoms with Gasteiger partial charge < -0.3 is 20.3 Å². The molecule has 0 aromatic heterocycles. The first-order chi connectivity index (χ1) is 8.79. The molecule has 2 N–H and O–H groups in total. The standard InChI is InChI=1S/C13H25N3O2/c1-18-7-5-14-9-13(17)15-8-11-4-6-16(10-11)12-2-3-12/h11-12,14H,2-10H2,1H3,(H,15,17). The van der Waals surface area contributed by atoms with E-state index in [9.17, 15) is 4.79 Å². The minimum atomic E-state index is 0.0935. The number of nitrogens with one attached hydrogen (secondary N) is 2. The molecule has 5 nitrogen and oxygen atoms in total. The van der Waals surface area contributed by atoms with Crippen LogP contribution < -0.4 is 10.6 Å². The predicted octanol–water partition coefficient (Wildman–Crippen LogP) is -0.177. The third-order valence-corrected chi connectivity index (χ3v) is 3.74. The van der Waals surface area contributed by atoms with Gasteiger partial charge in [0, 0.05) is 32.8 Å². The maximum absolute atomic E-state index is 11.6. The molecule has 104 valence electrons. The van der Waals surface area contributed by atoms with E-state index in [0.717, 1.165) is 19.1 Å². The molecular formula is C13H25N3O2. The average Bonchev–Trinajstić information content (AvgIpc) is 3.12. The van der Waals surface area contributed by atoms with Crippen molar-refractivity contribution < 1.29 is 9.53 Å². The van der Waals surface area contributed by atoms with Gasteiger partial charge >= 0.3 is 0 Å². The molecule has 1 unspecified atom stereocenters. The van der Waals surface area contributed by atoms with Gasteiger partial charge in [-0.1, -0.05) is 0 Å². The molecule has 18 heavy (non-hydrogen) atoms. The third kappa shape index (κ3) is 4.55. The lowest BCUT2D eigenvalue weighted by molar-refractivity contribution is -0.120. The van der Waals surface area contributed by atoms with Crippen molar-refractivity contribution in [2.45, 2.75) is 25.3 Å². The van der Waals surface area contributed by atoms with Crippen molar-refractivity contribution in [2.75, 3.05) is 46.4 Å². The van der Waals surface area contributed by atoms with Gasteiger partial charge in [0.05, 0.1) is 13.2 Å². The zero-order chi connectivity index (χ0) is 12.8. The number of likely N-dealkylation sites (tertiary alicyclic amines) is 1. The molecule has 5 heteroatoms. The van der Waals surface area contributed by atoms with Gasteiger partial charge in [-0.15, -0.1) is 0 Å². The van der Waals surface area contributed by atoms with Gasteiger partial charge in [0.2, 0.25) is 5.91 Å². The Hall–Kier alpha value is -0.650. The molecule has 1 atom stereocenters. The van der Waals surface area contributed by atoms with Crippen LogP contribution in [0.5, 0.6) is 0 Å². The van der Waals surface area contributed by atoms with E-state index in [1.54, 1.807) is 7.11 Å². The number of ether oxygens (including phenoxy) is 1. The second-order valence-electron chi connectivity index (χ2n) is 5.35. The van der Waals surface area contributed by atoms with Crippen LogP contribution in [-0.4, -0.2) is 63.3 Å². The number of nitrogens with zero attached hydrogens (tertiary/aromatic N) is 1. The highest BCUT2D eigenvalue weighted by atomic mass is 16.5. The highest BCUT2D eigenvalue weighted by Gasteiger charge is 2.34. The Morgan fingerprint density at radius 3 is 2.94 bits per heavy atom. The molecule has 0 radical (unpaired) electrons. The summed E-state index contributed by atoms with van der Waals surface area (Å²) in [5.41, 5.74) is 0. The molecular weight excluding hydrogens is 230 g/mol. The number of hydrogen-bond donors (Lipinski definition) is 2. The first kappa shape index (κ1) is 13.8. The zero-order valence-electron chi connectivity index (χ0n) is 11.3. The summed E-state index contributed by atoms with van der Waals surface area (Å²) in [6.07, 6.45) is 3.99. The maximum atomic E-state index is 11.6. The summed E-state index contributed by atoms with van der Waals surface area (Å²) in [7, 11) is 1.66. The highest BCUT2D eigenvalue weighted by molar-refractivity contribution is 5.77. The topological polar surface area (TPSA) is 53.6 Å². The SMILES string of the molecule is COCCNCC(=O)NCC1CCN(C2CC2)C1. The number of methoxy groups -OCH3 is 1. The minimum Gasteiger partial charge on any atom is -0.383 e. The summed E-state index contributed by atoms with van der Waals surface area (Å²) in [5, 5.41) is 6.06. The van der Waals surface area contributed by atoms with Gasteiger partial charge in [-0.05, 0) is 31.7 Å². The van der Waals surface area contributed by atoms with Gasteiger partial charge in [0.15, 0.2) is 0 Å². The number of carbonyl (C=O) groups excluding carboxylic acids is 1. The molecule has 2 aliphatic rings. The van der Waals surface area contributed by atoms with Gasteiger partial charge in [0.25, 0.3) is 0 Å². The lowest BCUT2D eigenvalue weighted by Gasteiger charge is -2.15. The van der Waals surface area contributed by atoms with E-state index in [1.165, 1.54) is 32.4 Å². The second kappa shape index (κ2) is 7.07. The lowest BCUT2D eigenvalue weighted by Crippen LogP contribution is -2.38. The number of amides is 1. The van der Waals surface area contributed by atoms with Crippen LogP contribution in [0.4, 0.5) is 0 Å². The molecule has 0 aromatic carbocycles. The normalized spacial score (nSPS) is 24.4. The molecule has 1 heterocycles. The molecule has 1 saturated heterocycles. The summed E-state index contributed by atoms with van der Waals surface area (Å²) in [6.45, 7) is 4.98. The van der Waals surface area contributed by atoms with Crippen LogP contribution in [0, 0.1) is 5.92 Å². The fraction of sp³-hybridized carbons (Fsp3) is 0.923. The van der Waals surface area contributed by atoms with E-state index < -0.39 is 0 Å². The summed E-state index contributed by atoms with van der Waals surface area (Å²) < 4.78 is 4.91. The van der Waals surface area contributed by atoms with E-state index in [0.29, 0.717) is 19.1 Å². The van der Waals surface area contributed by atoms with Crippen molar-refractivity contribution in [1.82, 2.24) is 15.5 Å². The Morgan fingerprint density at radius 1 is 1.39 bits per heavy atom. The molecule has 1 aliphatic carbocycles. The molecule has 0 bridgehead atoms. The van der Waals surface area contributed by atoms with Crippen LogP contribution in [0.3, 0.4) is 0 Å². The van der Waals surface area contributed by atoms with Crippen LogP contribution in [0.1, 0.15) is 19.3 Å². The molecule has 0 spiro atoms. The van der Waals surface area contributed by atoms with Crippen molar-refractivity contribution in [3.63, 3.8) is 0 Å². The summed E-state index contributed by atoms with van der Waals surface area (Å²) in [6, 6.07) is 0.862. The monoisotopic (exact) mass is 255 g/mol. The van der Waals surface area contributed by atoms with Crippen LogP contribution in [0.25, 0.3) is 0 Å². The second-order valence-corrected chi connectivity index (χ2v) is 5.35. The van der Waals surface area contributed by atoms with E-state index in [4.69, 9.17) is 4.74 Å². The van der Waals surface area contributed by atoms with Crippen LogP contribution >= 0.6 is 0 Å². The van der Waals surface area contributed by atoms with Crippen molar-refractivity contribution in [1.29, 1.82) is 0 Å². The van der Waals surface area contributed by atoms with Gasteiger partial charge in [-0.2, -0.15) is 0 Å². The van der Waals surface area contributed by atoms with Crippen molar-refractivity contribution >= 4 is 5.91 Å². The lowest BCUT2D eigenvalue weighted by atomic mass is 10.1. The van der Waals surface area contributed by atoms with Crippen molar-refractivity contribution in [3.05, 3.63) is 0 Å². The Bertz CT molecular complexity index is 269. The molecule has 0 aromatic rings. The van der Waals surface area contributed by atoms with Crippen LogP contribution in [-0.2, 0) is 9.53 Å². The largest absolute Gasteiger partial charge is 0.383 e. The third-order valence-electron chi connectivity index (χ3n) is 3.74. The first-order valence-corrected chi connectivity index (χ1v) is 7.00. The zero-order valence-corrected chi connectivity index (χ0v) is 11.3. The van der Waals surface area contributed by atoms with Crippen LogP contribution in [0.2, 0.25) is 0 Å². The fourth-order valence-electron chi connectivity index (χ4n) is 2.50. The predicted molar refractivity (Wildman–Crippen MR) is 70.5 cm³/mol. The van der Waals surface area contributed by atoms with Gasteiger partial charge in [0.1, 0.15) is 0 Å². The number of hydrogen-bond acceptors (Lipinski definition) is 4. The minimum absolute atomic E-state index is 0.0935. The smallest absolute Gasteiger partial charge is 0.233 e.